The number of para-hydroxylation sites is 1. The Morgan fingerprint density at radius 3 is 2.44 bits per heavy atom. The summed E-state index contributed by atoms with van der Waals surface area (Å²) in [7, 11) is 4.42. The number of carbonyl (C=O) groups is 1. The number of rotatable bonds is 7. The summed E-state index contributed by atoms with van der Waals surface area (Å²) >= 11 is 1.23. The van der Waals surface area contributed by atoms with E-state index < -0.39 is 11.5 Å². The lowest BCUT2D eigenvalue weighted by molar-refractivity contribution is 0.0962. The molecule has 164 valence electrons. The predicted octanol–water partition coefficient (Wildman–Crippen LogP) is 3.70. The fourth-order valence-electron chi connectivity index (χ4n) is 3.09. The van der Waals surface area contributed by atoms with E-state index in [1.807, 2.05) is 12.1 Å². The van der Waals surface area contributed by atoms with Crippen LogP contribution in [0.4, 0.5) is 5.13 Å². The highest BCUT2D eigenvalue weighted by Crippen LogP contribution is 2.38. The summed E-state index contributed by atoms with van der Waals surface area (Å²) in [5.41, 5.74) is 6.42. The smallest absolute Gasteiger partial charge is 0.345 e. The monoisotopic (exact) mass is 453 g/mol. The van der Waals surface area contributed by atoms with Crippen LogP contribution in [0.5, 0.6) is 17.2 Å². The Labute approximate surface area is 186 Å². The van der Waals surface area contributed by atoms with Gasteiger partial charge in [0.15, 0.2) is 11.5 Å². The van der Waals surface area contributed by atoms with Crippen molar-refractivity contribution in [1.29, 1.82) is 0 Å². The van der Waals surface area contributed by atoms with Crippen LogP contribution in [0, 0.1) is 0 Å². The van der Waals surface area contributed by atoms with E-state index in [2.05, 4.69) is 15.8 Å². The van der Waals surface area contributed by atoms with Crippen LogP contribution in [0.1, 0.15) is 10.4 Å². The molecule has 0 unspecified atom stereocenters. The molecule has 0 atom stereocenters. The van der Waals surface area contributed by atoms with E-state index in [9.17, 15) is 9.59 Å². The molecule has 9 nitrogen and oxygen atoms in total. The number of nitrogens with one attached hydrogen (secondary N) is 2. The first-order valence-corrected chi connectivity index (χ1v) is 10.3. The van der Waals surface area contributed by atoms with Gasteiger partial charge in [0.1, 0.15) is 5.58 Å². The molecule has 0 bridgehead atoms. The number of thiazole rings is 1. The van der Waals surface area contributed by atoms with Crippen molar-refractivity contribution in [2.75, 3.05) is 26.8 Å². The zero-order valence-electron chi connectivity index (χ0n) is 17.4. The Morgan fingerprint density at radius 1 is 1.03 bits per heavy atom. The van der Waals surface area contributed by atoms with Crippen molar-refractivity contribution in [1.82, 2.24) is 10.4 Å². The van der Waals surface area contributed by atoms with E-state index in [-0.39, 0.29) is 0 Å². The Bertz CT molecular complexity index is 1320. The molecule has 0 saturated heterocycles. The summed E-state index contributed by atoms with van der Waals surface area (Å²) in [6, 6.07) is 12.0. The van der Waals surface area contributed by atoms with E-state index in [0.717, 1.165) is 5.39 Å². The molecule has 0 fully saturated rings. The van der Waals surface area contributed by atoms with Crippen molar-refractivity contribution >= 4 is 33.3 Å². The minimum atomic E-state index is -0.484. The van der Waals surface area contributed by atoms with Crippen LogP contribution in [0.3, 0.4) is 0 Å². The van der Waals surface area contributed by atoms with Gasteiger partial charge < -0.3 is 18.6 Å². The predicted molar refractivity (Wildman–Crippen MR) is 121 cm³/mol. The molecular formula is C22H19N3O6S. The van der Waals surface area contributed by atoms with E-state index in [1.165, 1.54) is 44.8 Å². The minimum Gasteiger partial charge on any atom is -0.493 e. The highest BCUT2D eigenvalue weighted by molar-refractivity contribution is 7.14. The van der Waals surface area contributed by atoms with Gasteiger partial charge in [-0.25, -0.2) is 9.78 Å². The maximum atomic E-state index is 12.6. The molecule has 0 radical (unpaired) electrons. The second-order valence-electron chi connectivity index (χ2n) is 6.52. The SMILES string of the molecule is COc1cc(C(=O)NNc2nc(-c3cc4ccccc4oc3=O)cs2)cc(OC)c1OC. The number of anilines is 1. The van der Waals surface area contributed by atoms with Gasteiger partial charge >= 0.3 is 5.63 Å². The van der Waals surface area contributed by atoms with Crippen molar-refractivity contribution in [3.05, 3.63) is 63.8 Å². The maximum absolute atomic E-state index is 12.6. The second-order valence-corrected chi connectivity index (χ2v) is 7.37. The first-order valence-electron chi connectivity index (χ1n) is 9.39. The van der Waals surface area contributed by atoms with Gasteiger partial charge in [-0.15, -0.1) is 11.3 Å². The largest absolute Gasteiger partial charge is 0.493 e. The lowest BCUT2D eigenvalue weighted by Crippen LogP contribution is -2.29. The summed E-state index contributed by atoms with van der Waals surface area (Å²) in [6.07, 6.45) is 0. The van der Waals surface area contributed by atoms with Crippen LogP contribution >= 0.6 is 11.3 Å². The number of hydrogen-bond acceptors (Lipinski definition) is 9. The van der Waals surface area contributed by atoms with Crippen molar-refractivity contribution < 1.29 is 23.4 Å². The van der Waals surface area contributed by atoms with Crippen LogP contribution in [0.15, 0.2) is 57.1 Å². The van der Waals surface area contributed by atoms with Crippen LogP contribution in [-0.2, 0) is 0 Å². The molecule has 2 aromatic heterocycles. The molecule has 1 amide bonds. The lowest BCUT2D eigenvalue weighted by Gasteiger charge is -2.14. The van der Waals surface area contributed by atoms with E-state index in [0.29, 0.717) is 44.8 Å². The standard InChI is InChI=1S/C22H19N3O6S/c1-28-17-9-13(10-18(29-2)19(17)30-3)20(26)24-25-22-23-15(11-32-22)14-8-12-6-4-5-7-16(12)31-21(14)27/h4-11H,1-3H3,(H,23,25)(H,24,26). The molecule has 0 saturated carbocycles. The maximum Gasteiger partial charge on any atom is 0.345 e. The van der Waals surface area contributed by atoms with Gasteiger partial charge in [0.25, 0.3) is 5.91 Å². The summed E-state index contributed by atoms with van der Waals surface area (Å²) in [5.74, 6) is 0.664. The number of benzene rings is 2. The summed E-state index contributed by atoms with van der Waals surface area (Å²) in [6.45, 7) is 0. The first-order chi connectivity index (χ1) is 15.5. The fraction of sp³-hybridized carbons (Fsp3) is 0.136. The number of methoxy groups -OCH3 is 3. The lowest BCUT2D eigenvalue weighted by atomic mass is 10.1. The highest BCUT2D eigenvalue weighted by Gasteiger charge is 2.17. The number of ether oxygens (including phenoxy) is 3. The Kier molecular flexibility index (Phi) is 5.95. The van der Waals surface area contributed by atoms with Crippen LogP contribution in [0.25, 0.3) is 22.2 Å². The fourth-order valence-corrected chi connectivity index (χ4v) is 3.75. The molecule has 10 heteroatoms. The second kappa shape index (κ2) is 8.98. The Morgan fingerprint density at radius 2 is 1.75 bits per heavy atom. The molecular weight excluding hydrogens is 434 g/mol. The summed E-state index contributed by atoms with van der Waals surface area (Å²) in [4.78, 5) is 29.3. The summed E-state index contributed by atoms with van der Waals surface area (Å²) in [5, 5.41) is 2.89. The topological polar surface area (TPSA) is 112 Å². The quantitative estimate of drug-likeness (QED) is 0.322. The molecule has 0 aliphatic heterocycles. The molecule has 0 aliphatic rings. The van der Waals surface area contributed by atoms with Crippen molar-refractivity contribution in [2.45, 2.75) is 0 Å². The van der Waals surface area contributed by atoms with Gasteiger partial charge in [-0.2, -0.15) is 0 Å². The van der Waals surface area contributed by atoms with Gasteiger partial charge in [-0.05, 0) is 24.3 Å². The normalized spacial score (nSPS) is 10.6. The average molecular weight is 453 g/mol. The third-order valence-electron chi connectivity index (χ3n) is 4.63. The third-order valence-corrected chi connectivity index (χ3v) is 5.39. The van der Waals surface area contributed by atoms with Crippen molar-refractivity contribution in [3.8, 4) is 28.5 Å². The van der Waals surface area contributed by atoms with E-state index >= 15 is 0 Å². The van der Waals surface area contributed by atoms with Gasteiger partial charge in [0.05, 0.1) is 32.6 Å². The van der Waals surface area contributed by atoms with Gasteiger partial charge in [0, 0.05) is 16.3 Å². The summed E-state index contributed by atoms with van der Waals surface area (Å²) < 4.78 is 21.2. The minimum absolute atomic E-state index is 0.291. The van der Waals surface area contributed by atoms with Crippen molar-refractivity contribution in [3.63, 3.8) is 0 Å². The highest BCUT2D eigenvalue weighted by atomic mass is 32.1. The average Bonchev–Trinajstić information content (AvgIpc) is 3.29. The molecule has 4 rings (SSSR count). The zero-order valence-corrected chi connectivity index (χ0v) is 18.2. The number of hydrazine groups is 1. The molecule has 4 aromatic rings. The number of nitrogens with zero attached hydrogens (tertiary/aromatic N) is 1. The number of fused-ring (bicyclic) bond motifs is 1. The van der Waals surface area contributed by atoms with E-state index in [1.54, 1.807) is 23.6 Å². The van der Waals surface area contributed by atoms with Gasteiger partial charge in [-0.3, -0.25) is 15.6 Å². The number of hydrogen-bond donors (Lipinski definition) is 2. The number of amides is 1. The first kappa shape index (κ1) is 21.2. The van der Waals surface area contributed by atoms with Crippen molar-refractivity contribution in [2.24, 2.45) is 0 Å². The van der Waals surface area contributed by atoms with Crippen LogP contribution in [0.2, 0.25) is 0 Å². The van der Waals surface area contributed by atoms with E-state index in [4.69, 9.17) is 18.6 Å². The third kappa shape index (κ3) is 4.08. The van der Waals surface area contributed by atoms with Crippen LogP contribution < -0.4 is 30.7 Å². The Hall–Kier alpha value is -4.05. The molecule has 0 spiro atoms. The molecule has 2 heterocycles. The Balaban J connectivity index is 1.52. The van der Waals surface area contributed by atoms with Gasteiger partial charge in [-0.1, -0.05) is 18.2 Å². The molecule has 0 aliphatic carbocycles. The molecule has 32 heavy (non-hydrogen) atoms. The van der Waals surface area contributed by atoms with Crippen LogP contribution in [-0.4, -0.2) is 32.2 Å². The number of carbonyl (C=O) groups excluding carboxylic acids is 1. The molecule has 2 N–H and O–H groups in total. The molecule has 2 aromatic carbocycles. The zero-order chi connectivity index (χ0) is 22.7. The van der Waals surface area contributed by atoms with Gasteiger partial charge in [0.2, 0.25) is 10.9 Å². The number of aromatic nitrogens is 1.